The molecule has 0 amide bonds. The number of carboxylic acid groups (broad SMARTS) is 1. The molecular formula is C36H35F3N6O6. The molecule has 1 unspecified atom stereocenters. The maximum atomic E-state index is 14.1. The molecule has 3 atom stereocenters. The summed E-state index contributed by atoms with van der Waals surface area (Å²) in [6.07, 6.45) is -4.00. The van der Waals surface area contributed by atoms with Crippen molar-refractivity contribution in [3.63, 3.8) is 0 Å². The first-order valence-corrected chi connectivity index (χ1v) is 16.7. The maximum Gasteiger partial charge on any atom is 0.451 e. The Bertz CT molecular complexity index is 2120. The van der Waals surface area contributed by atoms with Crippen molar-refractivity contribution in [1.29, 1.82) is 0 Å². The van der Waals surface area contributed by atoms with Gasteiger partial charge in [0.15, 0.2) is 11.4 Å². The van der Waals surface area contributed by atoms with E-state index in [1.165, 1.54) is 4.90 Å². The number of aromatic nitrogens is 3. The van der Waals surface area contributed by atoms with Crippen molar-refractivity contribution in [2.75, 3.05) is 49.8 Å². The van der Waals surface area contributed by atoms with Crippen molar-refractivity contribution in [3.05, 3.63) is 72.2 Å². The highest BCUT2D eigenvalue weighted by Gasteiger charge is 2.50. The van der Waals surface area contributed by atoms with Gasteiger partial charge in [-0.3, -0.25) is 0 Å². The second kappa shape index (κ2) is 12.7. The van der Waals surface area contributed by atoms with E-state index in [1.807, 2.05) is 31.3 Å². The fourth-order valence-electron chi connectivity index (χ4n) is 7.27. The molecule has 8 rings (SSSR count). The third-order valence-corrected chi connectivity index (χ3v) is 9.98. The molecular weight excluding hydrogens is 669 g/mol. The van der Waals surface area contributed by atoms with Crippen molar-refractivity contribution in [1.82, 2.24) is 20.3 Å². The highest BCUT2D eigenvalue weighted by atomic mass is 19.4. The fourth-order valence-corrected chi connectivity index (χ4v) is 7.27. The number of halogens is 3. The number of alkyl halides is 3. The van der Waals surface area contributed by atoms with Gasteiger partial charge in [0.25, 0.3) is 0 Å². The molecule has 3 saturated heterocycles. The molecule has 3 aliphatic heterocycles. The van der Waals surface area contributed by atoms with E-state index in [0.717, 1.165) is 16.7 Å². The quantitative estimate of drug-likeness (QED) is 0.218. The molecule has 5 aromatic rings. The van der Waals surface area contributed by atoms with Crippen LogP contribution in [0.25, 0.3) is 33.2 Å². The van der Waals surface area contributed by atoms with E-state index in [9.17, 15) is 23.1 Å². The van der Waals surface area contributed by atoms with Crippen LogP contribution >= 0.6 is 0 Å². The van der Waals surface area contributed by atoms with Gasteiger partial charge in [-0.15, -0.1) is 0 Å². The Morgan fingerprint density at radius 3 is 2.67 bits per heavy atom. The monoisotopic (exact) mass is 704 g/mol. The number of nitrogens with one attached hydrogen (secondary N) is 1. The van der Waals surface area contributed by atoms with Crippen LogP contribution in [0.5, 0.6) is 5.88 Å². The van der Waals surface area contributed by atoms with Gasteiger partial charge in [-0.2, -0.15) is 13.2 Å². The largest absolute Gasteiger partial charge is 0.480 e. The predicted octanol–water partition coefficient (Wildman–Crippen LogP) is 5.28. The molecule has 15 heteroatoms. The molecule has 51 heavy (non-hydrogen) atoms. The number of rotatable bonds is 8. The summed E-state index contributed by atoms with van der Waals surface area (Å²) < 4.78 is 66.6. The second-order valence-corrected chi connectivity index (χ2v) is 13.2. The van der Waals surface area contributed by atoms with Gasteiger partial charge in [0.2, 0.25) is 11.7 Å². The van der Waals surface area contributed by atoms with Gasteiger partial charge in [0.1, 0.15) is 34.5 Å². The minimum atomic E-state index is -4.89. The lowest BCUT2D eigenvalue weighted by Crippen LogP contribution is -2.68. The molecule has 3 aliphatic rings. The normalized spacial score (nSPS) is 21.8. The Morgan fingerprint density at radius 2 is 1.92 bits per heavy atom. The van der Waals surface area contributed by atoms with E-state index in [0.29, 0.717) is 49.6 Å². The number of nitrogens with zero attached hydrogens (tertiary/aromatic N) is 5. The van der Waals surface area contributed by atoms with Gasteiger partial charge in [-0.05, 0) is 49.4 Å². The van der Waals surface area contributed by atoms with E-state index in [1.54, 1.807) is 30.5 Å². The molecule has 12 nitrogen and oxygen atoms in total. The van der Waals surface area contributed by atoms with Crippen LogP contribution in [0.4, 0.5) is 24.7 Å². The zero-order valence-corrected chi connectivity index (χ0v) is 27.8. The van der Waals surface area contributed by atoms with E-state index in [-0.39, 0.29) is 41.8 Å². The van der Waals surface area contributed by atoms with Gasteiger partial charge in [-0.1, -0.05) is 30.3 Å². The smallest absolute Gasteiger partial charge is 0.451 e. The number of furan rings is 1. The van der Waals surface area contributed by atoms with Gasteiger partial charge in [-0.25, -0.2) is 19.7 Å². The van der Waals surface area contributed by atoms with E-state index >= 15 is 0 Å². The Morgan fingerprint density at radius 1 is 1.10 bits per heavy atom. The van der Waals surface area contributed by atoms with Gasteiger partial charge in [0, 0.05) is 36.7 Å². The predicted molar refractivity (Wildman–Crippen MR) is 181 cm³/mol. The van der Waals surface area contributed by atoms with Crippen molar-refractivity contribution in [2.24, 2.45) is 0 Å². The number of para-hydroxylation sites is 1. The van der Waals surface area contributed by atoms with Crippen molar-refractivity contribution in [3.8, 4) is 17.0 Å². The van der Waals surface area contributed by atoms with Crippen LogP contribution in [-0.4, -0.2) is 89.8 Å². The van der Waals surface area contributed by atoms with E-state index in [4.69, 9.17) is 23.6 Å². The number of morpholine rings is 1. The lowest BCUT2D eigenvalue weighted by molar-refractivity contribution is -0.228. The Hall–Kier alpha value is -4.99. The summed E-state index contributed by atoms with van der Waals surface area (Å²) in [6, 6.07) is 15.3. The first kappa shape index (κ1) is 33.2. The third-order valence-electron chi connectivity index (χ3n) is 9.98. The molecule has 266 valence electrons. The standard InChI is InChI=1S/C36H35F3N6O6/c1-20-35(18-48-19-35)49-11-10-44(20)26-13-23(22-7-5-6-21(12-22)15-40-2)16-41-32(26)50-24-14-27(33(46)47)45(17-24)31-30-29(42-34(43-31)36(37,38)39)25-8-3-4-9-28(25)51-30/h3-9,12-13,16,20,24,27,40H,10-11,14-15,17-19H2,1-2H3,(H,46,47)/t20-,24?,27-/m0/s1. The summed E-state index contributed by atoms with van der Waals surface area (Å²) >= 11 is 0. The molecule has 0 aliphatic carbocycles. The fraction of sp³-hybridized carbons (Fsp3) is 0.389. The summed E-state index contributed by atoms with van der Waals surface area (Å²) in [4.78, 5) is 28.6. The number of carbonyl (C=O) groups is 1. The number of ether oxygens (including phenoxy) is 3. The van der Waals surface area contributed by atoms with E-state index < -0.39 is 35.7 Å². The average molecular weight is 705 g/mol. The molecule has 6 heterocycles. The van der Waals surface area contributed by atoms with Gasteiger partial charge < -0.3 is 38.9 Å². The van der Waals surface area contributed by atoms with Crippen molar-refractivity contribution < 1.29 is 41.7 Å². The second-order valence-electron chi connectivity index (χ2n) is 13.2. The van der Waals surface area contributed by atoms with Gasteiger partial charge >= 0.3 is 12.1 Å². The zero-order valence-electron chi connectivity index (χ0n) is 27.8. The number of pyridine rings is 1. The average Bonchev–Trinajstić information content (AvgIpc) is 3.69. The summed E-state index contributed by atoms with van der Waals surface area (Å²) in [5.41, 5.74) is 3.35. The first-order chi connectivity index (χ1) is 24.5. The van der Waals surface area contributed by atoms with Crippen LogP contribution in [0.2, 0.25) is 0 Å². The number of carboxylic acids is 1. The number of aliphatic carboxylic acids is 1. The van der Waals surface area contributed by atoms with Crippen LogP contribution < -0.4 is 19.9 Å². The van der Waals surface area contributed by atoms with Crippen molar-refractivity contribution in [2.45, 2.75) is 49.9 Å². The molecule has 0 radical (unpaired) electrons. The number of fused-ring (bicyclic) bond motifs is 3. The highest BCUT2D eigenvalue weighted by molar-refractivity contribution is 6.06. The molecule has 2 aromatic carbocycles. The summed E-state index contributed by atoms with van der Waals surface area (Å²) in [5, 5.41) is 13.9. The summed E-state index contributed by atoms with van der Waals surface area (Å²) in [5.74, 6) is -2.62. The SMILES string of the molecule is CNCc1cccc(-c2cnc(OC3C[C@@H](C(=O)O)N(c4nc(C(F)(F)F)nc5c4oc4ccccc45)C3)c(N3CCOC4(COC4)[C@@H]3C)c2)c1. The Balaban J connectivity index is 1.18. The topological polar surface area (TPSA) is 135 Å². The van der Waals surface area contributed by atoms with Crippen LogP contribution in [0.1, 0.15) is 24.7 Å². The summed E-state index contributed by atoms with van der Waals surface area (Å²) in [6.45, 7) is 4.57. The lowest BCUT2D eigenvalue weighted by atomic mass is 9.90. The maximum absolute atomic E-state index is 14.1. The zero-order chi connectivity index (χ0) is 35.5. The third kappa shape index (κ3) is 5.88. The molecule has 1 spiro atoms. The van der Waals surface area contributed by atoms with Crippen LogP contribution in [0, 0.1) is 0 Å². The van der Waals surface area contributed by atoms with Gasteiger partial charge in [0.05, 0.1) is 32.4 Å². The van der Waals surface area contributed by atoms with Crippen molar-refractivity contribution >= 4 is 39.5 Å². The molecule has 0 saturated carbocycles. The minimum Gasteiger partial charge on any atom is -0.480 e. The number of hydrogen-bond acceptors (Lipinski definition) is 11. The minimum absolute atomic E-state index is 0.0325. The molecule has 2 N–H and O–H groups in total. The highest BCUT2D eigenvalue weighted by Crippen LogP contribution is 2.42. The lowest BCUT2D eigenvalue weighted by Gasteiger charge is -2.53. The van der Waals surface area contributed by atoms with Crippen LogP contribution in [-0.2, 0) is 27.0 Å². The first-order valence-electron chi connectivity index (χ1n) is 16.7. The van der Waals surface area contributed by atoms with Crippen LogP contribution in [0.3, 0.4) is 0 Å². The molecule has 0 bridgehead atoms. The van der Waals surface area contributed by atoms with Crippen LogP contribution in [0.15, 0.2) is 65.2 Å². The Labute approximate surface area is 290 Å². The number of anilines is 2. The van der Waals surface area contributed by atoms with E-state index in [2.05, 4.69) is 33.2 Å². The summed E-state index contributed by atoms with van der Waals surface area (Å²) in [7, 11) is 1.89. The number of benzene rings is 2. The molecule has 3 fully saturated rings. The molecule has 3 aromatic heterocycles. The number of hydrogen-bond donors (Lipinski definition) is 2. The Kier molecular flexibility index (Phi) is 8.23.